The van der Waals surface area contributed by atoms with Crippen LogP contribution in [-0.2, 0) is 6.54 Å². The van der Waals surface area contributed by atoms with Gasteiger partial charge in [-0.3, -0.25) is 0 Å². The molecule has 0 spiro atoms. The monoisotopic (exact) mass is 286 g/mol. The zero-order valence-electron chi connectivity index (χ0n) is 13.5. The van der Waals surface area contributed by atoms with Crippen LogP contribution in [0.25, 0.3) is 10.8 Å². The molecule has 1 unspecified atom stereocenters. The predicted molar refractivity (Wildman–Crippen MR) is 88.7 cm³/mol. The second-order valence-corrected chi connectivity index (χ2v) is 6.00. The molecule has 1 aromatic carbocycles. The Labute approximate surface area is 127 Å². The average molecular weight is 286 g/mol. The van der Waals surface area contributed by atoms with Gasteiger partial charge < -0.3 is 10.1 Å². The molecule has 1 heterocycles. The van der Waals surface area contributed by atoms with Crippen LogP contribution in [-0.4, -0.2) is 17.6 Å². The molecule has 0 bridgehead atoms. The van der Waals surface area contributed by atoms with Crippen molar-refractivity contribution in [2.45, 2.75) is 46.8 Å². The third kappa shape index (κ3) is 4.18. The Hall–Kier alpha value is -1.61. The van der Waals surface area contributed by atoms with Gasteiger partial charge in [0, 0.05) is 18.1 Å². The highest BCUT2D eigenvalue weighted by molar-refractivity contribution is 5.89. The Kier molecular flexibility index (Phi) is 5.57. The van der Waals surface area contributed by atoms with Crippen LogP contribution < -0.4 is 10.1 Å². The van der Waals surface area contributed by atoms with Crippen molar-refractivity contribution in [2.75, 3.05) is 6.54 Å². The molecule has 0 saturated carbocycles. The van der Waals surface area contributed by atoms with Gasteiger partial charge in [0.05, 0.1) is 6.10 Å². The Morgan fingerprint density at radius 3 is 2.52 bits per heavy atom. The van der Waals surface area contributed by atoms with Crippen LogP contribution in [0.4, 0.5) is 0 Å². The van der Waals surface area contributed by atoms with E-state index in [4.69, 9.17) is 4.74 Å². The number of aromatic nitrogens is 1. The lowest BCUT2D eigenvalue weighted by atomic mass is 10.1. The summed E-state index contributed by atoms with van der Waals surface area (Å²) in [5.74, 6) is 1.39. The molecule has 0 amide bonds. The fourth-order valence-electron chi connectivity index (χ4n) is 2.23. The van der Waals surface area contributed by atoms with E-state index in [-0.39, 0.29) is 6.10 Å². The minimum absolute atomic E-state index is 0.186. The van der Waals surface area contributed by atoms with Gasteiger partial charge in [-0.2, -0.15) is 0 Å². The van der Waals surface area contributed by atoms with Gasteiger partial charge in [-0.25, -0.2) is 4.98 Å². The molecule has 0 fully saturated rings. The Balaban J connectivity index is 2.26. The molecule has 3 heteroatoms. The number of rotatable bonds is 7. The summed E-state index contributed by atoms with van der Waals surface area (Å²) in [6, 6.07) is 8.35. The molecule has 0 aliphatic rings. The SMILES string of the molecule is CCC(C)Oc1ncc(CNCC(C)C)c2ccccc12. The largest absolute Gasteiger partial charge is 0.474 e. The van der Waals surface area contributed by atoms with E-state index in [1.165, 1.54) is 10.9 Å². The number of nitrogens with zero attached hydrogens (tertiary/aromatic N) is 1. The Morgan fingerprint density at radius 2 is 1.86 bits per heavy atom. The minimum atomic E-state index is 0.186. The van der Waals surface area contributed by atoms with Crippen LogP contribution in [0.2, 0.25) is 0 Å². The molecule has 0 saturated heterocycles. The van der Waals surface area contributed by atoms with Crippen molar-refractivity contribution in [2.24, 2.45) is 5.92 Å². The quantitative estimate of drug-likeness (QED) is 0.830. The van der Waals surface area contributed by atoms with E-state index >= 15 is 0 Å². The van der Waals surface area contributed by atoms with Crippen LogP contribution in [0.15, 0.2) is 30.5 Å². The van der Waals surface area contributed by atoms with Gasteiger partial charge >= 0.3 is 0 Å². The van der Waals surface area contributed by atoms with Gasteiger partial charge in [-0.05, 0) is 42.8 Å². The summed E-state index contributed by atoms with van der Waals surface area (Å²) in [6.45, 7) is 10.5. The summed E-state index contributed by atoms with van der Waals surface area (Å²) in [4.78, 5) is 4.53. The summed E-state index contributed by atoms with van der Waals surface area (Å²) in [5.41, 5.74) is 1.22. The highest BCUT2D eigenvalue weighted by Crippen LogP contribution is 2.27. The summed E-state index contributed by atoms with van der Waals surface area (Å²) in [5, 5.41) is 5.81. The third-order valence-electron chi connectivity index (χ3n) is 3.60. The number of fused-ring (bicyclic) bond motifs is 1. The summed E-state index contributed by atoms with van der Waals surface area (Å²) in [7, 11) is 0. The number of hydrogen-bond donors (Lipinski definition) is 1. The minimum Gasteiger partial charge on any atom is -0.474 e. The normalized spacial score (nSPS) is 12.8. The second kappa shape index (κ2) is 7.41. The summed E-state index contributed by atoms with van der Waals surface area (Å²) >= 11 is 0. The van der Waals surface area contributed by atoms with E-state index in [0.717, 1.165) is 30.8 Å². The predicted octanol–water partition coefficient (Wildman–Crippen LogP) is 4.16. The molecule has 0 aliphatic heterocycles. The van der Waals surface area contributed by atoms with E-state index in [2.05, 4.69) is 56.2 Å². The van der Waals surface area contributed by atoms with Crippen molar-refractivity contribution in [3.8, 4) is 5.88 Å². The lowest BCUT2D eigenvalue weighted by Crippen LogP contribution is -2.19. The molecule has 1 N–H and O–H groups in total. The molecular weight excluding hydrogens is 260 g/mol. The maximum atomic E-state index is 5.94. The highest BCUT2D eigenvalue weighted by Gasteiger charge is 2.10. The number of nitrogens with one attached hydrogen (secondary N) is 1. The maximum absolute atomic E-state index is 5.94. The van der Waals surface area contributed by atoms with Gasteiger partial charge in [0.15, 0.2) is 0 Å². The van der Waals surface area contributed by atoms with Crippen LogP contribution in [0.5, 0.6) is 5.88 Å². The maximum Gasteiger partial charge on any atom is 0.221 e. The number of ether oxygens (including phenoxy) is 1. The Morgan fingerprint density at radius 1 is 1.14 bits per heavy atom. The van der Waals surface area contributed by atoms with Crippen molar-refractivity contribution >= 4 is 10.8 Å². The first kappa shape index (κ1) is 15.8. The van der Waals surface area contributed by atoms with Crippen LogP contribution >= 0.6 is 0 Å². The van der Waals surface area contributed by atoms with E-state index in [1.807, 2.05) is 12.3 Å². The molecular formula is C18H26N2O. The molecule has 3 nitrogen and oxygen atoms in total. The second-order valence-electron chi connectivity index (χ2n) is 6.00. The van der Waals surface area contributed by atoms with Crippen LogP contribution in [0, 0.1) is 5.92 Å². The number of pyridine rings is 1. The topological polar surface area (TPSA) is 34.1 Å². The van der Waals surface area contributed by atoms with E-state index < -0.39 is 0 Å². The van der Waals surface area contributed by atoms with E-state index in [0.29, 0.717) is 5.92 Å². The first-order valence-electron chi connectivity index (χ1n) is 7.85. The van der Waals surface area contributed by atoms with E-state index in [1.54, 1.807) is 0 Å². The summed E-state index contributed by atoms with van der Waals surface area (Å²) < 4.78 is 5.94. The van der Waals surface area contributed by atoms with Crippen molar-refractivity contribution in [3.05, 3.63) is 36.0 Å². The lowest BCUT2D eigenvalue weighted by Gasteiger charge is -2.15. The fourth-order valence-corrected chi connectivity index (χ4v) is 2.23. The van der Waals surface area contributed by atoms with Crippen LogP contribution in [0.3, 0.4) is 0 Å². The lowest BCUT2D eigenvalue weighted by molar-refractivity contribution is 0.211. The molecule has 114 valence electrons. The zero-order valence-corrected chi connectivity index (χ0v) is 13.5. The van der Waals surface area contributed by atoms with Gasteiger partial charge in [0.2, 0.25) is 5.88 Å². The van der Waals surface area contributed by atoms with Gasteiger partial charge in [-0.1, -0.05) is 39.0 Å². The standard InChI is InChI=1S/C18H26N2O/c1-5-14(4)21-18-17-9-7-6-8-16(17)15(12-20-18)11-19-10-13(2)3/h6-9,12-14,19H,5,10-11H2,1-4H3. The smallest absolute Gasteiger partial charge is 0.221 e. The van der Waals surface area contributed by atoms with Gasteiger partial charge in [0.1, 0.15) is 0 Å². The molecule has 0 radical (unpaired) electrons. The van der Waals surface area contributed by atoms with Crippen molar-refractivity contribution in [1.82, 2.24) is 10.3 Å². The van der Waals surface area contributed by atoms with E-state index in [9.17, 15) is 0 Å². The Bertz CT molecular complexity index is 580. The fraction of sp³-hybridized carbons (Fsp3) is 0.500. The molecule has 2 rings (SSSR count). The molecule has 1 atom stereocenters. The number of hydrogen-bond acceptors (Lipinski definition) is 3. The first-order chi connectivity index (χ1) is 10.1. The zero-order chi connectivity index (χ0) is 15.2. The highest BCUT2D eigenvalue weighted by atomic mass is 16.5. The van der Waals surface area contributed by atoms with Crippen LogP contribution in [0.1, 0.15) is 39.7 Å². The van der Waals surface area contributed by atoms with Crippen molar-refractivity contribution in [3.63, 3.8) is 0 Å². The average Bonchev–Trinajstić information content (AvgIpc) is 2.48. The third-order valence-corrected chi connectivity index (χ3v) is 3.60. The molecule has 21 heavy (non-hydrogen) atoms. The van der Waals surface area contributed by atoms with Gasteiger partial charge in [0.25, 0.3) is 0 Å². The molecule has 0 aliphatic carbocycles. The summed E-state index contributed by atoms with van der Waals surface area (Å²) in [6.07, 6.45) is 3.10. The van der Waals surface area contributed by atoms with Crippen molar-refractivity contribution in [1.29, 1.82) is 0 Å². The number of benzene rings is 1. The van der Waals surface area contributed by atoms with Gasteiger partial charge in [-0.15, -0.1) is 0 Å². The molecule has 1 aromatic heterocycles. The first-order valence-corrected chi connectivity index (χ1v) is 7.85. The molecule has 2 aromatic rings. The van der Waals surface area contributed by atoms with Crippen molar-refractivity contribution < 1.29 is 4.74 Å².